The van der Waals surface area contributed by atoms with Gasteiger partial charge in [-0.3, -0.25) is 4.90 Å². The average molecular weight is 396 g/mol. The molecule has 0 unspecified atom stereocenters. The van der Waals surface area contributed by atoms with Gasteiger partial charge in [-0.05, 0) is 31.5 Å². The zero-order valence-electron chi connectivity index (χ0n) is 15.8. The maximum absolute atomic E-state index is 12.7. The number of urea groups is 1. The summed E-state index contributed by atoms with van der Waals surface area (Å²) in [5, 5.41) is 2.70. The zero-order chi connectivity index (χ0) is 20.8. The number of esters is 1. The van der Waals surface area contributed by atoms with Gasteiger partial charge >= 0.3 is 18.6 Å². The van der Waals surface area contributed by atoms with Gasteiger partial charge in [-0.25, -0.2) is 9.59 Å². The second-order valence-electron chi connectivity index (χ2n) is 5.79. The monoisotopic (exact) mass is 396 g/mol. The number of benzene rings is 1. The smallest absolute Gasteiger partial charge is 0.387 e. The van der Waals surface area contributed by atoms with E-state index in [9.17, 15) is 18.4 Å². The van der Waals surface area contributed by atoms with Crippen molar-refractivity contribution >= 4 is 12.0 Å². The molecule has 152 valence electrons. The van der Waals surface area contributed by atoms with Gasteiger partial charge in [0.15, 0.2) is 11.5 Å². The van der Waals surface area contributed by atoms with Crippen LogP contribution in [0.1, 0.15) is 25.5 Å². The van der Waals surface area contributed by atoms with E-state index in [0.717, 1.165) is 0 Å². The first-order chi connectivity index (χ1) is 13.3. The number of nitrogens with zero attached hydrogens (tertiary/aromatic N) is 1. The first-order valence-corrected chi connectivity index (χ1v) is 8.53. The lowest BCUT2D eigenvalue weighted by Gasteiger charge is -2.35. The minimum absolute atomic E-state index is 0.0952. The summed E-state index contributed by atoms with van der Waals surface area (Å²) in [5.41, 5.74) is 0.946. The van der Waals surface area contributed by atoms with Gasteiger partial charge in [0, 0.05) is 12.2 Å². The number of nitrogens with one attached hydrogen (secondary N) is 1. The Hall–Kier alpha value is -3.10. The van der Waals surface area contributed by atoms with Crippen LogP contribution in [0.5, 0.6) is 11.5 Å². The van der Waals surface area contributed by atoms with Crippen molar-refractivity contribution in [3.8, 4) is 11.5 Å². The van der Waals surface area contributed by atoms with Crippen molar-refractivity contribution in [2.45, 2.75) is 26.5 Å². The number of halogens is 2. The van der Waals surface area contributed by atoms with E-state index in [1.807, 2.05) is 0 Å². The lowest BCUT2D eigenvalue weighted by molar-refractivity contribution is -0.139. The normalized spacial score (nSPS) is 16.7. The minimum atomic E-state index is -3.06. The van der Waals surface area contributed by atoms with E-state index >= 15 is 0 Å². The van der Waals surface area contributed by atoms with Gasteiger partial charge in [0.25, 0.3) is 0 Å². The highest BCUT2D eigenvalue weighted by Gasteiger charge is 2.36. The summed E-state index contributed by atoms with van der Waals surface area (Å²) in [5.74, 6) is -0.734. The molecule has 0 fully saturated rings. The molecule has 0 radical (unpaired) electrons. The third-order valence-corrected chi connectivity index (χ3v) is 4.14. The number of rotatable bonds is 8. The van der Waals surface area contributed by atoms with Crippen LogP contribution >= 0.6 is 0 Å². The molecule has 0 saturated heterocycles. The summed E-state index contributed by atoms with van der Waals surface area (Å²) in [6.45, 7) is 4.15. The first-order valence-electron chi connectivity index (χ1n) is 8.53. The van der Waals surface area contributed by atoms with Crippen molar-refractivity contribution in [3.63, 3.8) is 0 Å². The molecule has 1 aliphatic heterocycles. The summed E-state index contributed by atoms with van der Waals surface area (Å²) >= 11 is 0. The largest absolute Gasteiger partial charge is 0.493 e. The van der Waals surface area contributed by atoms with Crippen LogP contribution in [-0.2, 0) is 9.53 Å². The molecular weight excluding hydrogens is 374 g/mol. The standard InChI is InChI=1S/C19H22F2N2O5/c1-5-9-23-11(3)15(17(24)27-6-2)16(22-19(23)25)12-7-8-13(26-4)14(10-12)28-18(20)21/h5,7-8,10,16,18H,1,6,9H2,2-4H3,(H,22,25)/t16-/m1/s1. The predicted octanol–water partition coefficient (Wildman–Crippen LogP) is 3.39. The van der Waals surface area contributed by atoms with Crippen molar-refractivity contribution < 1.29 is 32.6 Å². The second-order valence-corrected chi connectivity index (χ2v) is 5.79. The lowest BCUT2D eigenvalue weighted by atomic mass is 9.94. The van der Waals surface area contributed by atoms with E-state index in [1.54, 1.807) is 19.9 Å². The molecule has 1 aromatic rings. The van der Waals surface area contributed by atoms with Gasteiger partial charge in [0.05, 0.1) is 25.3 Å². The Morgan fingerprint density at radius 2 is 2.11 bits per heavy atom. The average Bonchev–Trinajstić information content (AvgIpc) is 2.64. The Bertz CT molecular complexity index is 795. The van der Waals surface area contributed by atoms with Crippen molar-refractivity contribution in [1.82, 2.24) is 10.2 Å². The molecule has 0 bridgehead atoms. The molecule has 0 saturated carbocycles. The summed E-state index contributed by atoms with van der Waals surface area (Å²) in [6.07, 6.45) is 1.52. The van der Waals surface area contributed by atoms with Crippen LogP contribution in [0.25, 0.3) is 0 Å². The van der Waals surface area contributed by atoms with E-state index in [4.69, 9.17) is 9.47 Å². The Labute approximate surface area is 161 Å². The number of hydrogen-bond acceptors (Lipinski definition) is 5. The molecule has 7 nitrogen and oxygen atoms in total. The van der Waals surface area contributed by atoms with Crippen molar-refractivity contribution in [3.05, 3.63) is 47.7 Å². The quantitative estimate of drug-likeness (QED) is 0.538. The molecule has 0 spiro atoms. The molecule has 0 aliphatic carbocycles. The van der Waals surface area contributed by atoms with Crippen LogP contribution in [-0.4, -0.2) is 43.8 Å². The topological polar surface area (TPSA) is 77.1 Å². The SMILES string of the molecule is C=CCN1C(=O)N[C@H](c2ccc(OC)c(OC(F)F)c2)C(C(=O)OCC)=C1C. The van der Waals surface area contributed by atoms with Gasteiger partial charge in [-0.15, -0.1) is 6.58 Å². The summed E-state index contributed by atoms with van der Waals surface area (Å²) < 4.78 is 40.1. The number of ether oxygens (including phenoxy) is 3. The number of allylic oxidation sites excluding steroid dienone is 1. The van der Waals surface area contributed by atoms with Crippen LogP contribution < -0.4 is 14.8 Å². The summed E-state index contributed by atoms with van der Waals surface area (Å²) in [4.78, 5) is 26.4. The second kappa shape index (κ2) is 9.20. The number of alkyl halides is 2. The number of carbonyl (C=O) groups excluding carboxylic acids is 2. The van der Waals surface area contributed by atoms with E-state index in [-0.39, 0.29) is 30.2 Å². The van der Waals surface area contributed by atoms with Crippen molar-refractivity contribution in [1.29, 1.82) is 0 Å². The summed E-state index contributed by atoms with van der Waals surface area (Å²) in [7, 11) is 1.32. The van der Waals surface area contributed by atoms with Crippen molar-refractivity contribution in [2.24, 2.45) is 0 Å². The van der Waals surface area contributed by atoms with E-state index in [2.05, 4.69) is 16.6 Å². The van der Waals surface area contributed by atoms with Crippen LogP contribution in [0, 0.1) is 0 Å². The van der Waals surface area contributed by atoms with Gasteiger partial charge in [-0.2, -0.15) is 8.78 Å². The fourth-order valence-electron chi connectivity index (χ4n) is 2.91. The number of hydrogen-bond donors (Lipinski definition) is 1. The lowest BCUT2D eigenvalue weighted by Crippen LogP contribution is -2.48. The van der Waals surface area contributed by atoms with Gasteiger partial charge in [-0.1, -0.05) is 12.1 Å². The Morgan fingerprint density at radius 3 is 2.68 bits per heavy atom. The van der Waals surface area contributed by atoms with E-state index in [0.29, 0.717) is 11.3 Å². The molecule has 2 rings (SSSR count). The number of methoxy groups -OCH3 is 1. The Balaban J connectivity index is 2.56. The molecule has 1 heterocycles. The van der Waals surface area contributed by atoms with Crippen LogP contribution in [0.15, 0.2) is 42.1 Å². The maximum atomic E-state index is 12.7. The molecule has 1 atom stereocenters. The van der Waals surface area contributed by atoms with E-state index < -0.39 is 24.7 Å². The molecular formula is C19H22F2N2O5. The molecule has 28 heavy (non-hydrogen) atoms. The van der Waals surface area contributed by atoms with Crippen LogP contribution in [0.2, 0.25) is 0 Å². The van der Waals surface area contributed by atoms with Crippen LogP contribution in [0.4, 0.5) is 13.6 Å². The molecule has 9 heteroatoms. The van der Waals surface area contributed by atoms with E-state index in [1.165, 1.54) is 30.2 Å². The molecule has 1 aliphatic rings. The fourth-order valence-corrected chi connectivity index (χ4v) is 2.91. The minimum Gasteiger partial charge on any atom is -0.493 e. The highest BCUT2D eigenvalue weighted by molar-refractivity contribution is 5.95. The molecule has 2 amide bonds. The van der Waals surface area contributed by atoms with Crippen LogP contribution in [0.3, 0.4) is 0 Å². The Morgan fingerprint density at radius 1 is 1.39 bits per heavy atom. The van der Waals surface area contributed by atoms with Gasteiger partial charge in [0.1, 0.15) is 0 Å². The third kappa shape index (κ3) is 4.41. The van der Waals surface area contributed by atoms with Crippen molar-refractivity contribution in [2.75, 3.05) is 20.3 Å². The molecule has 0 aromatic heterocycles. The third-order valence-electron chi connectivity index (χ3n) is 4.14. The predicted molar refractivity (Wildman–Crippen MR) is 97.1 cm³/mol. The summed E-state index contributed by atoms with van der Waals surface area (Å²) in [6, 6.07) is 2.91. The van der Waals surface area contributed by atoms with Gasteiger partial charge in [0.2, 0.25) is 0 Å². The zero-order valence-corrected chi connectivity index (χ0v) is 15.8. The highest BCUT2D eigenvalue weighted by atomic mass is 19.3. The molecule has 1 aromatic carbocycles. The Kier molecular flexibility index (Phi) is 6.97. The highest BCUT2D eigenvalue weighted by Crippen LogP contribution is 2.36. The number of amides is 2. The first kappa shape index (κ1) is 21.2. The maximum Gasteiger partial charge on any atom is 0.387 e. The fraction of sp³-hybridized carbons (Fsp3) is 0.368. The van der Waals surface area contributed by atoms with Gasteiger partial charge < -0.3 is 19.5 Å². The molecule has 1 N–H and O–H groups in total. The number of carbonyl (C=O) groups is 2.